The van der Waals surface area contributed by atoms with Gasteiger partial charge in [-0.2, -0.15) is 4.89 Å². The molecular formula is C18H27O4. The smallest absolute Gasteiger partial charge is 0.373 e. The van der Waals surface area contributed by atoms with E-state index in [1.807, 2.05) is 27.7 Å². The summed E-state index contributed by atoms with van der Waals surface area (Å²) >= 11 is 0. The standard InChI is InChI=1S/C18H27O4/c1-7-8-9-20-10-11-21-22-18(19)17-15(5)13(3)12(2)14(4)16(17)6/h11H,7-10H2,1-6H3. The Morgan fingerprint density at radius 2 is 1.50 bits per heavy atom. The average molecular weight is 307 g/mol. The molecule has 4 nitrogen and oxygen atoms in total. The zero-order valence-corrected chi connectivity index (χ0v) is 14.5. The molecule has 1 rings (SSSR count). The van der Waals surface area contributed by atoms with Crippen LogP contribution in [0.1, 0.15) is 57.9 Å². The number of hydrogen-bond acceptors (Lipinski definition) is 4. The Morgan fingerprint density at radius 3 is 2.05 bits per heavy atom. The summed E-state index contributed by atoms with van der Waals surface area (Å²) in [7, 11) is 0. The van der Waals surface area contributed by atoms with E-state index in [1.54, 1.807) is 0 Å². The van der Waals surface area contributed by atoms with Gasteiger partial charge >= 0.3 is 5.97 Å². The highest BCUT2D eigenvalue weighted by Crippen LogP contribution is 2.26. The number of carbonyl (C=O) groups is 1. The van der Waals surface area contributed by atoms with Crippen molar-refractivity contribution < 1.29 is 19.3 Å². The molecule has 22 heavy (non-hydrogen) atoms. The van der Waals surface area contributed by atoms with Crippen molar-refractivity contribution in [1.82, 2.24) is 0 Å². The normalized spacial score (nSPS) is 10.8. The van der Waals surface area contributed by atoms with E-state index in [0.717, 1.165) is 35.1 Å². The highest BCUT2D eigenvalue weighted by Gasteiger charge is 2.20. The van der Waals surface area contributed by atoms with Crippen LogP contribution < -0.4 is 0 Å². The summed E-state index contributed by atoms with van der Waals surface area (Å²) in [6.45, 7) is 14.4. The molecule has 1 aromatic rings. The summed E-state index contributed by atoms with van der Waals surface area (Å²) in [5, 5.41) is 0. The van der Waals surface area contributed by atoms with Crippen LogP contribution in [0.25, 0.3) is 0 Å². The van der Waals surface area contributed by atoms with Crippen LogP contribution in [-0.4, -0.2) is 19.2 Å². The van der Waals surface area contributed by atoms with Gasteiger partial charge in [-0.05, 0) is 68.9 Å². The van der Waals surface area contributed by atoms with E-state index >= 15 is 0 Å². The lowest BCUT2D eigenvalue weighted by Crippen LogP contribution is -2.13. The van der Waals surface area contributed by atoms with Gasteiger partial charge in [0, 0.05) is 6.61 Å². The summed E-state index contributed by atoms with van der Waals surface area (Å²) in [6, 6.07) is 0. The molecule has 0 aliphatic heterocycles. The molecule has 0 heterocycles. The van der Waals surface area contributed by atoms with Gasteiger partial charge in [-0.3, -0.25) is 4.89 Å². The fourth-order valence-electron chi connectivity index (χ4n) is 2.33. The monoisotopic (exact) mass is 307 g/mol. The molecule has 0 fully saturated rings. The zero-order chi connectivity index (χ0) is 16.7. The minimum Gasteiger partial charge on any atom is -0.378 e. The van der Waals surface area contributed by atoms with Crippen molar-refractivity contribution in [3.05, 3.63) is 40.0 Å². The molecule has 123 valence electrons. The third-order valence-electron chi connectivity index (χ3n) is 4.22. The molecule has 0 unspecified atom stereocenters. The maximum Gasteiger partial charge on any atom is 0.373 e. The minimum atomic E-state index is -0.467. The second-order valence-electron chi connectivity index (χ2n) is 5.56. The Balaban J connectivity index is 2.60. The maximum absolute atomic E-state index is 12.2. The van der Waals surface area contributed by atoms with Gasteiger partial charge in [0.1, 0.15) is 0 Å². The molecule has 0 N–H and O–H groups in total. The minimum absolute atomic E-state index is 0.303. The van der Waals surface area contributed by atoms with Crippen molar-refractivity contribution in [2.75, 3.05) is 13.2 Å². The molecule has 1 aromatic carbocycles. The Kier molecular flexibility index (Phi) is 7.56. The van der Waals surface area contributed by atoms with E-state index in [0.29, 0.717) is 18.8 Å². The summed E-state index contributed by atoms with van der Waals surface area (Å²) < 4.78 is 5.29. The average Bonchev–Trinajstić information content (AvgIpc) is 2.50. The van der Waals surface area contributed by atoms with Crippen LogP contribution in [0.3, 0.4) is 0 Å². The fourth-order valence-corrected chi connectivity index (χ4v) is 2.33. The number of ether oxygens (including phenoxy) is 1. The van der Waals surface area contributed by atoms with E-state index in [9.17, 15) is 4.79 Å². The molecule has 0 aliphatic rings. The van der Waals surface area contributed by atoms with Crippen LogP contribution in [0.4, 0.5) is 0 Å². The predicted octanol–water partition coefficient (Wildman–Crippen LogP) is 4.30. The van der Waals surface area contributed by atoms with Crippen molar-refractivity contribution in [2.45, 2.75) is 54.4 Å². The van der Waals surface area contributed by atoms with Crippen molar-refractivity contribution in [3.8, 4) is 0 Å². The van der Waals surface area contributed by atoms with Crippen molar-refractivity contribution in [2.24, 2.45) is 0 Å². The number of hydrogen-bond donors (Lipinski definition) is 0. The largest absolute Gasteiger partial charge is 0.378 e. The van der Waals surface area contributed by atoms with Crippen molar-refractivity contribution in [3.63, 3.8) is 0 Å². The van der Waals surface area contributed by atoms with Gasteiger partial charge in [-0.15, -0.1) is 0 Å². The first-order valence-electron chi connectivity index (χ1n) is 7.75. The molecule has 1 radical (unpaired) electrons. The topological polar surface area (TPSA) is 44.8 Å². The molecule has 0 saturated heterocycles. The molecule has 0 aromatic heterocycles. The quantitative estimate of drug-likeness (QED) is 0.408. The molecule has 0 aliphatic carbocycles. The third kappa shape index (κ3) is 4.55. The number of benzene rings is 1. The van der Waals surface area contributed by atoms with Crippen LogP contribution in [-0.2, 0) is 14.5 Å². The summed E-state index contributed by atoms with van der Waals surface area (Å²) in [6.07, 6.45) is 2.09. The number of rotatable bonds is 8. The predicted molar refractivity (Wildman–Crippen MR) is 86.7 cm³/mol. The molecule has 0 amide bonds. The summed E-state index contributed by atoms with van der Waals surface area (Å²) in [5.41, 5.74) is 5.90. The van der Waals surface area contributed by atoms with E-state index in [2.05, 4.69) is 13.8 Å². The maximum atomic E-state index is 12.2. The molecule has 0 saturated carbocycles. The van der Waals surface area contributed by atoms with Crippen molar-refractivity contribution >= 4 is 5.97 Å². The van der Waals surface area contributed by atoms with Gasteiger partial charge in [-0.1, -0.05) is 13.3 Å². The van der Waals surface area contributed by atoms with Gasteiger partial charge in [0.05, 0.1) is 12.2 Å². The van der Waals surface area contributed by atoms with Crippen LogP contribution in [0.2, 0.25) is 0 Å². The van der Waals surface area contributed by atoms with E-state index in [1.165, 1.54) is 12.2 Å². The highest BCUT2D eigenvalue weighted by atomic mass is 17.2. The van der Waals surface area contributed by atoms with E-state index in [4.69, 9.17) is 14.5 Å². The van der Waals surface area contributed by atoms with Gasteiger partial charge in [-0.25, -0.2) is 4.79 Å². The second kappa shape index (κ2) is 8.91. The summed E-state index contributed by atoms with van der Waals surface area (Å²) in [4.78, 5) is 22.0. The first-order valence-corrected chi connectivity index (χ1v) is 7.75. The molecule has 0 atom stereocenters. The van der Waals surface area contributed by atoms with Crippen LogP contribution in [0.5, 0.6) is 0 Å². The van der Waals surface area contributed by atoms with Gasteiger partial charge < -0.3 is 4.74 Å². The highest BCUT2D eigenvalue weighted by molar-refractivity contribution is 5.93. The lowest BCUT2D eigenvalue weighted by molar-refractivity contribution is -0.218. The van der Waals surface area contributed by atoms with Gasteiger partial charge in [0.25, 0.3) is 0 Å². The Labute approximate surface area is 133 Å². The van der Waals surface area contributed by atoms with E-state index in [-0.39, 0.29) is 0 Å². The molecule has 4 heteroatoms. The van der Waals surface area contributed by atoms with Crippen LogP contribution in [0, 0.1) is 41.2 Å². The van der Waals surface area contributed by atoms with Crippen LogP contribution >= 0.6 is 0 Å². The Morgan fingerprint density at radius 1 is 0.955 bits per heavy atom. The number of unbranched alkanes of at least 4 members (excludes halogenated alkanes) is 1. The van der Waals surface area contributed by atoms with Crippen LogP contribution in [0.15, 0.2) is 0 Å². The third-order valence-corrected chi connectivity index (χ3v) is 4.22. The SMILES string of the molecule is CCCCOC[CH]OOC(=O)c1c(C)c(C)c(C)c(C)c1C. The molecule has 0 spiro atoms. The van der Waals surface area contributed by atoms with Gasteiger partial charge in [0.15, 0.2) is 6.61 Å². The van der Waals surface area contributed by atoms with Gasteiger partial charge in [0.2, 0.25) is 0 Å². The first-order chi connectivity index (χ1) is 10.4. The van der Waals surface area contributed by atoms with Crippen molar-refractivity contribution in [1.29, 1.82) is 0 Å². The molecule has 0 bridgehead atoms. The second-order valence-corrected chi connectivity index (χ2v) is 5.56. The van der Waals surface area contributed by atoms with E-state index < -0.39 is 5.97 Å². The number of carbonyl (C=O) groups excluding carboxylic acids is 1. The lowest BCUT2D eigenvalue weighted by atomic mass is 9.90. The first kappa shape index (κ1) is 18.7. The fraction of sp³-hybridized carbons (Fsp3) is 0.556. The summed E-state index contributed by atoms with van der Waals surface area (Å²) in [5.74, 6) is -0.467. The lowest BCUT2D eigenvalue weighted by Gasteiger charge is -2.17. The molecular weight excluding hydrogens is 280 g/mol. The Bertz CT molecular complexity index is 491. The zero-order valence-electron chi connectivity index (χ0n) is 14.5. The Hall–Kier alpha value is -1.39.